The average molecular weight is 211 g/mol. The van der Waals surface area contributed by atoms with Gasteiger partial charge in [0.05, 0.1) is 0 Å². The molecule has 0 amide bonds. The van der Waals surface area contributed by atoms with Gasteiger partial charge < -0.3 is 5.73 Å². The molecule has 0 rings (SSSR count). The Labute approximate surface area is 93.9 Å². The topological polar surface area (TPSA) is 43.1 Å². The highest BCUT2D eigenvalue weighted by atomic mass is 16.1. The van der Waals surface area contributed by atoms with Gasteiger partial charge in [0, 0.05) is 6.42 Å². The molecule has 15 heavy (non-hydrogen) atoms. The number of hydrogen-bond donors (Lipinski definition) is 1. The first-order chi connectivity index (χ1) is 7.11. The fourth-order valence-electron chi connectivity index (χ4n) is 1.80. The molecule has 0 spiro atoms. The van der Waals surface area contributed by atoms with Crippen molar-refractivity contribution < 1.29 is 4.79 Å². The quantitative estimate of drug-likeness (QED) is 0.596. The monoisotopic (exact) mass is 211 g/mol. The molecule has 0 aromatic rings. The smallest absolute Gasteiger partial charge is 0.157 e. The van der Waals surface area contributed by atoms with Gasteiger partial charge in [0.25, 0.3) is 0 Å². The predicted molar refractivity (Wildman–Crippen MR) is 65.7 cm³/mol. The second-order valence-electron chi connectivity index (χ2n) is 4.33. The van der Waals surface area contributed by atoms with E-state index in [4.69, 9.17) is 5.73 Å². The molecule has 0 radical (unpaired) electrons. The molecule has 1 atom stereocenters. The van der Waals surface area contributed by atoms with E-state index in [2.05, 4.69) is 13.5 Å². The summed E-state index contributed by atoms with van der Waals surface area (Å²) >= 11 is 0. The number of carbonyl (C=O) groups excluding carboxylic acids is 1. The third-order valence-electron chi connectivity index (χ3n) is 2.77. The molecule has 0 saturated carbocycles. The predicted octanol–water partition coefficient (Wildman–Crippen LogP) is 3.07. The Kier molecular flexibility index (Phi) is 8.30. The van der Waals surface area contributed by atoms with E-state index in [-0.39, 0.29) is 5.78 Å². The number of carbonyl (C=O) groups is 1. The Hall–Kier alpha value is -0.630. The van der Waals surface area contributed by atoms with E-state index in [9.17, 15) is 4.79 Å². The summed E-state index contributed by atoms with van der Waals surface area (Å²) in [6.07, 6.45) is 6.30. The van der Waals surface area contributed by atoms with Crippen molar-refractivity contribution in [3.8, 4) is 0 Å². The second-order valence-corrected chi connectivity index (χ2v) is 4.33. The van der Waals surface area contributed by atoms with E-state index < -0.39 is 0 Å². The molecule has 1 unspecified atom stereocenters. The SMILES string of the molecule is C=C(C)C(=O)CCC(CCC)CCCN. The lowest BCUT2D eigenvalue weighted by atomic mass is 9.91. The molecule has 0 bridgehead atoms. The fourth-order valence-corrected chi connectivity index (χ4v) is 1.80. The van der Waals surface area contributed by atoms with Gasteiger partial charge in [-0.15, -0.1) is 0 Å². The van der Waals surface area contributed by atoms with Crippen molar-refractivity contribution in [2.45, 2.75) is 52.4 Å². The van der Waals surface area contributed by atoms with Crippen LogP contribution in [0, 0.1) is 5.92 Å². The number of hydrogen-bond acceptors (Lipinski definition) is 2. The number of ketones is 1. The maximum absolute atomic E-state index is 11.4. The largest absolute Gasteiger partial charge is 0.330 e. The van der Waals surface area contributed by atoms with Crippen LogP contribution in [0.15, 0.2) is 12.2 Å². The molecule has 0 aromatic heterocycles. The molecule has 2 heteroatoms. The van der Waals surface area contributed by atoms with Gasteiger partial charge in [-0.05, 0) is 44.2 Å². The van der Waals surface area contributed by atoms with Crippen molar-refractivity contribution >= 4 is 5.78 Å². The Morgan fingerprint density at radius 2 is 2.00 bits per heavy atom. The highest BCUT2D eigenvalue weighted by Crippen LogP contribution is 2.20. The van der Waals surface area contributed by atoms with Crippen LogP contribution in [0.3, 0.4) is 0 Å². The lowest BCUT2D eigenvalue weighted by Gasteiger charge is -2.14. The second kappa shape index (κ2) is 8.66. The first-order valence-electron chi connectivity index (χ1n) is 6.00. The molecule has 2 nitrogen and oxygen atoms in total. The van der Waals surface area contributed by atoms with Crippen molar-refractivity contribution in [3.63, 3.8) is 0 Å². The molecule has 0 aliphatic rings. The van der Waals surface area contributed by atoms with Crippen LogP contribution in [0.4, 0.5) is 0 Å². The minimum atomic E-state index is 0.212. The van der Waals surface area contributed by atoms with E-state index >= 15 is 0 Å². The highest BCUT2D eigenvalue weighted by Gasteiger charge is 2.10. The molecule has 0 fully saturated rings. The van der Waals surface area contributed by atoms with E-state index in [0.29, 0.717) is 17.9 Å². The van der Waals surface area contributed by atoms with Crippen molar-refractivity contribution in [2.75, 3.05) is 6.54 Å². The molecule has 0 aliphatic heterocycles. The molecule has 0 aromatic carbocycles. The van der Waals surface area contributed by atoms with Crippen LogP contribution < -0.4 is 5.73 Å². The minimum absolute atomic E-state index is 0.212. The standard InChI is InChI=1S/C13H25NO/c1-4-6-12(7-5-10-14)8-9-13(15)11(2)3/h12H,2,4-10,14H2,1,3H3. The summed E-state index contributed by atoms with van der Waals surface area (Å²) in [7, 11) is 0. The third kappa shape index (κ3) is 7.32. The molecule has 0 aliphatic carbocycles. The lowest BCUT2D eigenvalue weighted by molar-refractivity contribution is -0.115. The van der Waals surface area contributed by atoms with Crippen molar-refractivity contribution in [2.24, 2.45) is 11.7 Å². The lowest BCUT2D eigenvalue weighted by Crippen LogP contribution is -2.08. The van der Waals surface area contributed by atoms with Gasteiger partial charge in [-0.3, -0.25) is 4.79 Å². The zero-order valence-corrected chi connectivity index (χ0v) is 10.2. The first kappa shape index (κ1) is 14.4. The molecule has 2 N–H and O–H groups in total. The van der Waals surface area contributed by atoms with Gasteiger partial charge >= 0.3 is 0 Å². The van der Waals surface area contributed by atoms with E-state index in [1.807, 2.05) is 0 Å². The van der Waals surface area contributed by atoms with Gasteiger partial charge in [-0.1, -0.05) is 26.3 Å². The summed E-state index contributed by atoms with van der Waals surface area (Å²) < 4.78 is 0. The van der Waals surface area contributed by atoms with E-state index in [1.54, 1.807) is 6.92 Å². The number of nitrogens with two attached hydrogens (primary N) is 1. The van der Waals surface area contributed by atoms with Crippen LogP contribution in [0.5, 0.6) is 0 Å². The number of allylic oxidation sites excluding steroid dienone is 1. The molecular weight excluding hydrogens is 186 g/mol. The van der Waals surface area contributed by atoms with Gasteiger partial charge in [0.2, 0.25) is 0 Å². The van der Waals surface area contributed by atoms with Crippen molar-refractivity contribution in [1.82, 2.24) is 0 Å². The maximum atomic E-state index is 11.4. The highest BCUT2D eigenvalue weighted by molar-refractivity contribution is 5.93. The van der Waals surface area contributed by atoms with E-state index in [1.165, 1.54) is 12.8 Å². The van der Waals surface area contributed by atoms with Crippen molar-refractivity contribution in [3.05, 3.63) is 12.2 Å². The van der Waals surface area contributed by atoms with Gasteiger partial charge in [-0.25, -0.2) is 0 Å². The maximum Gasteiger partial charge on any atom is 0.157 e. The van der Waals surface area contributed by atoms with E-state index in [0.717, 1.165) is 25.8 Å². The summed E-state index contributed by atoms with van der Waals surface area (Å²) in [5.41, 5.74) is 6.18. The Morgan fingerprint density at radius 3 is 2.47 bits per heavy atom. The van der Waals surface area contributed by atoms with Crippen LogP contribution in [-0.2, 0) is 4.79 Å². The molecular formula is C13H25NO. The number of rotatable bonds is 9. The minimum Gasteiger partial charge on any atom is -0.330 e. The van der Waals surface area contributed by atoms with Gasteiger partial charge in [0.1, 0.15) is 0 Å². The fraction of sp³-hybridized carbons (Fsp3) is 0.769. The first-order valence-corrected chi connectivity index (χ1v) is 6.00. The zero-order valence-electron chi connectivity index (χ0n) is 10.2. The van der Waals surface area contributed by atoms with Crippen LogP contribution in [-0.4, -0.2) is 12.3 Å². The summed E-state index contributed by atoms with van der Waals surface area (Å²) in [6, 6.07) is 0. The van der Waals surface area contributed by atoms with Gasteiger partial charge in [0.15, 0.2) is 5.78 Å². The average Bonchev–Trinajstić information content (AvgIpc) is 2.21. The molecule has 88 valence electrons. The summed E-state index contributed by atoms with van der Waals surface area (Å²) in [5, 5.41) is 0. The Morgan fingerprint density at radius 1 is 1.33 bits per heavy atom. The number of Topliss-reactive ketones (excluding diaryl/α,β-unsaturated/α-hetero) is 1. The third-order valence-corrected chi connectivity index (χ3v) is 2.77. The Bertz CT molecular complexity index is 199. The van der Waals surface area contributed by atoms with Crippen LogP contribution in [0.25, 0.3) is 0 Å². The normalized spacial score (nSPS) is 12.5. The van der Waals surface area contributed by atoms with Gasteiger partial charge in [-0.2, -0.15) is 0 Å². The van der Waals surface area contributed by atoms with Crippen LogP contribution in [0.1, 0.15) is 52.4 Å². The van der Waals surface area contributed by atoms with Crippen molar-refractivity contribution in [1.29, 1.82) is 0 Å². The zero-order chi connectivity index (χ0) is 11.7. The van der Waals surface area contributed by atoms with Crippen LogP contribution in [0.2, 0.25) is 0 Å². The molecule has 0 heterocycles. The Balaban J connectivity index is 3.83. The summed E-state index contributed by atoms with van der Waals surface area (Å²) in [6.45, 7) is 8.41. The summed E-state index contributed by atoms with van der Waals surface area (Å²) in [5.74, 6) is 0.880. The summed E-state index contributed by atoms with van der Waals surface area (Å²) in [4.78, 5) is 11.4. The molecule has 0 saturated heterocycles. The van der Waals surface area contributed by atoms with Crippen LogP contribution >= 0.6 is 0 Å².